The quantitative estimate of drug-likeness (QED) is 0.558. The first-order valence-electron chi connectivity index (χ1n) is 6.09. The fraction of sp³-hybridized carbons (Fsp3) is 0.0667. The number of fused-ring (bicyclic) bond motifs is 1. The molecule has 0 aliphatic heterocycles. The maximum atomic E-state index is 12.6. The lowest BCUT2D eigenvalue weighted by Gasteiger charge is -2.04. The van der Waals surface area contributed by atoms with E-state index in [1.807, 2.05) is 19.1 Å². The summed E-state index contributed by atoms with van der Waals surface area (Å²) in [6, 6.07) is 7.19. The molecule has 0 saturated carbocycles. The minimum atomic E-state index is -0.0424. The number of nitrogens with zero attached hydrogens (tertiary/aromatic N) is 1. The van der Waals surface area contributed by atoms with Crippen molar-refractivity contribution >= 4 is 38.4 Å². The van der Waals surface area contributed by atoms with E-state index in [1.54, 1.807) is 24.5 Å². The Labute approximate surface area is 124 Å². The molecular formula is C15H12BrN3O. The Bertz CT molecular complexity index is 823. The van der Waals surface area contributed by atoms with Crippen molar-refractivity contribution in [2.75, 3.05) is 5.73 Å². The third-order valence-corrected chi connectivity index (χ3v) is 3.71. The minimum absolute atomic E-state index is 0.0424. The van der Waals surface area contributed by atoms with Crippen LogP contribution in [0.2, 0.25) is 0 Å². The average Bonchev–Trinajstić information content (AvgIpc) is 2.84. The predicted octanol–water partition coefficient (Wildman–Crippen LogP) is 3.45. The van der Waals surface area contributed by atoms with Gasteiger partial charge in [-0.3, -0.25) is 4.79 Å². The Hall–Kier alpha value is -2.14. The van der Waals surface area contributed by atoms with Crippen LogP contribution in [0.1, 0.15) is 21.5 Å². The van der Waals surface area contributed by atoms with E-state index in [4.69, 9.17) is 5.73 Å². The summed E-state index contributed by atoms with van der Waals surface area (Å²) in [4.78, 5) is 19.8. The monoisotopic (exact) mass is 329 g/mol. The van der Waals surface area contributed by atoms with E-state index in [0.717, 1.165) is 15.4 Å². The number of nitrogen functional groups attached to an aromatic ring is 1. The summed E-state index contributed by atoms with van der Waals surface area (Å²) in [6.07, 6.45) is 3.39. The number of carbonyl (C=O) groups excluding carboxylic acids is 1. The highest BCUT2D eigenvalue weighted by atomic mass is 79.9. The van der Waals surface area contributed by atoms with Crippen molar-refractivity contribution in [3.63, 3.8) is 0 Å². The van der Waals surface area contributed by atoms with Crippen LogP contribution in [-0.4, -0.2) is 15.8 Å². The van der Waals surface area contributed by atoms with E-state index in [2.05, 4.69) is 25.9 Å². The number of hydrogen-bond acceptors (Lipinski definition) is 3. The van der Waals surface area contributed by atoms with E-state index in [-0.39, 0.29) is 5.78 Å². The zero-order chi connectivity index (χ0) is 14.3. The van der Waals surface area contributed by atoms with Gasteiger partial charge in [-0.15, -0.1) is 0 Å². The molecule has 0 aliphatic rings. The van der Waals surface area contributed by atoms with Crippen LogP contribution in [0.3, 0.4) is 0 Å². The van der Waals surface area contributed by atoms with E-state index >= 15 is 0 Å². The van der Waals surface area contributed by atoms with Crippen molar-refractivity contribution in [1.82, 2.24) is 9.97 Å². The minimum Gasteiger partial charge on any atom is -0.399 e. The van der Waals surface area contributed by atoms with Crippen LogP contribution >= 0.6 is 15.9 Å². The van der Waals surface area contributed by atoms with Gasteiger partial charge in [-0.05, 0) is 52.7 Å². The number of nitrogens with two attached hydrogens (primary N) is 1. The molecule has 3 N–H and O–H groups in total. The van der Waals surface area contributed by atoms with E-state index in [9.17, 15) is 4.79 Å². The normalized spacial score (nSPS) is 10.9. The molecule has 5 heteroatoms. The number of nitrogens with one attached hydrogen (secondary N) is 1. The molecule has 0 spiro atoms. The summed E-state index contributed by atoms with van der Waals surface area (Å²) in [7, 11) is 0. The number of H-pyrrole nitrogens is 1. The molecule has 0 radical (unpaired) electrons. The number of aryl methyl sites for hydroxylation is 1. The maximum Gasteiger partial charge on any atom is 0.195 e. The van der Waals surface area contributed by atoms with Gasteiger partial charge in [0.15, 0.2) is 5.78 Å². The molecule has 0 amide bonds. The number of ketones is 1. The zero-order valence-electron chi connectivity index (χ0n) is 10.8. The van der Waals surface area contributed by atoms with Crippen LogP contribution in [0.15, 0.2) is 41.1 Å². The lowest BCUT2D eigenvalue weighted by Crippen LogP contribution is -2.02. The second-order valence-corrected chi connectivity index (χ2v) is 5.57. The standard InChI is InChI=1S/C15H12BrN3O/c1-8-4-9(2-3-13(8)17)14(20)12-7-19-15-11(12)5-10(16)6-18-15/h2-7H,17H2,1H3,(H,18,19). The summed E-state index contributed by atoms with van der Waals surface area (Å²) < 4.78 is 0.840. The van der Waals surface area contributed by atoms with Gasteiger partial charge in [0.05, 0.1) is 0 Å². The first kappa shape index (κ1) is 12.9. The topological polar surface area (TPSA) is 71.8 Å². The lowest BCUT2D eigenvalue weighted by molar-refractivity contribution is 0.104. The molecule has 0 bridgehead atoms. The number of carbonyl (C=O) groups is 1. The Morgan fingerprint density at radius 1 is 1.35 bits per heavy atom. The summed E-state index contributed by atoms with van der Waals surface area (Å²) in [6.45, 7) is 1.89. The van der Waals surface area contributed by atoms with Crippen molar-refractivity contribution in [2.45, 2.75) is 6.92 Å². The smallest absolute Gasteiger partial charge is 0.195 e. The van der Waals surface area contributed by atoms with E-state index in [0.29, 0.717) is 22.5 Å². The van der Waals surface area contributed by atoms with E-state index < -0.39 is 0 Å². The van der Waals surface area contributed by atoms with Gasteiger partial charge in [0.2, 0.25) is 0 Å². The summed E-state index contributed by atoms with van der Waals surface area (Å²) in [5, 5.41) is 0.804. The third kappa shape index (κ3) is 2.10. The largest absolute Gasteiger partial charge is 0.399 e. The molecule has 0 unspecified atom stereocenters. The Morgan fingerprint density at radius 2 is 2.15 bits per heavy atom. The molecule has 0 atom stereocenters. The van der Waals surface area contributed by atoms with E-state index in [1.165, 1.54) is 0 Å². The SMILES string of the molecule is Cc1cc(C(=O)c2c[nH]c3ncc(Br)cc23)ccc1N. The number of aromatic amines is 1. The second kappa shape index (κ2) is 4.76. The molecule has 1 aromatic carbocycles. The number of benzene rings is 1. The van der Waals surface area contributed by atoms with Crippen LogP contribution in [0.25, 0.3) is 11.0 Å². The number of hydrogen-bond donors (Lipinski definition) is 2. The molecular weight excluding hydrogens is 318 g/mol. The summed E-state index contributed by atoms with van der Waals surface area (Å²) in [5.41, 5.74) is 9.30. The van der Waals surface area contributed by atoms with Crippen LogP contribution < -0.4 is 5.73 Å². The molecule has 4 nitrogen and oxygen atoms in total. The van der Waals surface area contributed by atoms with Crippen LogP contribution in [0, 0.1) is 6.92 Å². The molecule has 0 fully saturated rings. The third-order valence-electron chi connectivity index (χ3n) is 3.27. The average molecular weight is 330 g/mol. The van der Waals surface area contributed by atoms with Gasteiger partial charge in [-0.2, -0.15) is 0 Å². The number of rotatable bonds is 2. The highest BCUT2D eigenvalue weighted by molar-refractivity contribution is 9.10. The molecule has 3 aromatic rings. The highest BCUT2D eigenvalue weighted by Crippen LogP contribution is 2.24. The van der Waals surface area contributed by atoms with Gasteiger partial charge >= 0.3 is 0 Å². The molecule has 3 rings (SSSR count). The zero-order valence-corrected chi connectivity index (χ0v) is 12.4. The van der Waals surface area contributed by atoms with Gasteiger partial charge in [-0.1, -0.05) is 0 Å². The molecule has 2 aromatic heterocycles. The van der Waals surface area contributed by atoms with Crippen LogP contribution in [0.5, 0.6) is 0 Å². The number of halogens is 1. The first-order valence-corrected chi connectivity index (χ1v) is 6.89. The van der Waals surface area contributed by atoms with Gasteiger partial charge in [-0.25, -0.2) is 4.98 Å². The van der Waals surface area contributed by atoms with Crippen molar-refractivity contribution in [3.8, 4) is 0 Å². The first-order chi connectivity index (χ1) is 9.56. The predicted molar refractivity (Wildman–Crippen MR) is 82.8 cm³/mol. The van der Waals surface area contributed by atoms with Crippen molar-refractivity contribution in [3.05, 3.63) is 57.8 Å². The maximum absolute atomic E-state index is 12.6. The Balaban J connectivity index is 2.12. The van der Waals surface area contributed by atoms with Gasteiger partial charge in [0.1, 0.15) is 5.65 Å². The molecule has 100 valence electrons. The van der Waals surface area contributed by atoms with Gasteiger partial charge < -0.3 is 10.7 Å². The van der Waals surface area contributed by atoms with Gasteiger partial charge in [0.25, 0.3) is 0 Å². The number of aromatic nitrogens is 2. The summed E-state index contributed by atoms with van der Waals surface area (Å²) >= 11 is 3.37. The molecule has 0 saturated heterocycles. The fourth-order valence-electron chi connectivity index (χ4n) is 2.14. The Morgan fingerprint density at radius 3 is 2.90 bits per heavy atom. The highest BCUT2D eigenvalue weighted by Gasteiger charge is 2.15. The summed E-state index contributed by atoms with van der Waals surface area (Å²) in [5.74, 6) is -0.0424. The Kier molecular flexibility index (Phi) is 3.06. The second-order valence-electron chi connectivity index (χ2n) is 4.65. The van der Waals surface area contributed by atoms with Crippen LogP contribution in [0.4, 0.5) is 5.69 Å². The van der Waals surface area contributed by atoms with Crippen LogP contribution in [-0.2, 0) is 0 Å². The fourth-order valence-corrected chi connectivity index (χ4v) is 2.47. The van der Waals surface area contributed by atoms with Crippen molar-refractivity contribution < 1.29 is 4.79 Å². The molecule has 20 heavy (non-hydrogen) atoms. The van der Waals surface area contributed by atoms with Crippen molar-refractivity contribution in [1.29, 1.82) is 0 Å². The molecule has 2 heterocycles. The number of anilines is 1. The number of pyridine rings is 1. The van der Waals surface area contributed by atoms with Crippen molar-refractivity contribution in [2.24, 2.45) is 0 Å². The lowest BCUT2D eigenvalue weighted by atomic mass is 10.0. The van der Waals surface area contributed by atoms with Gasteiger partial charge in [0, 0.05) is 39.1 Å². The molecule has 0 aliphatic carbocycles.